The molecule has 0 unspecified atom stereocenters. The standard InChI is InChI=1S/C29H30N4O9/c1-4-40-23-13-17(26-25(28(37)39-3)16(2)31-29(38)32-26)9-11-22(23)41-15-24(34)33-30-14-18-10-12-21(42-18)19-7-5-6-8-20(19)27(35)36/h5-14,24,26,33-34H,4,15H2,1-3H3,(H,35,36)(H2,31,32,38)/b30-14-/t24-,26+/m0/s1. The first kappa shape index (κ1) is 29.7. The van der Waals surface area contributed by atoms with Gasteiger partial charge in [-0.15, -0.1) is 0 Å². The summed E-state index contributed by atoms with van der Waals surface area (Å²) in [6, 6.07) is 13.4. The van der Waals surface area contributed by atoms with Crippen molar-refractivity contribution in [2.45, 2.75) is 26.1 Å². The lowest BCUT2D eigenvalue weighted by Crippen LogP contribution is -2.45. The van der Waals surface area contributed by atoms with Crippen LogP contribution in [0.2, 0.25) is 0 Å². The molecule has 5 N–H and O–H groups in total. The topological polar surface area (TPSA) is 181 Å². The average molecular weight is 579 g/mol. The minimum Gasteiger partial charge on any atom is -0.490 e. The van der Waals surface area contributed by atoms with Crippen molar-refractivity contribution in [1.29, 1.82) is 0 Å². The summed E-state index contributed by atoms with van der Waals surface area (Å²) < 4.78 is 22.0. The Morgan fingerprint density at radius 2 is 1.93 bits per heavy atom. The molecule has 0 fully saturated rings. The van der Waals surface area contributed by atoms with Gasteiger partial charge >= 0.3 is 18.0 Å². The number of ether oxygens (including phenoxy) is 3. The van der Waals surface area contributed by atoms with Gasteiger partial charge in [0, 0.05) is 11.3 Å². The van der Waals surface area contributed by atoms with E-state index in [0.717, 1.165) is 0 Å². The summed E-state index contributed by atoms with van der Waals surface area (Å²) in [5.74, 6) is -0.308. The average Bonchev–Trinajstić information content (AvgIpc) is 3.44. The summed E-state index contributed by atoms with van der Waals surface area (Å²) in [6.45, 7) is 3.50. The van der Waals surface area contributed by atoms with Crippen LogP contribution >= 0.6 is 0 Å². The highest BCUT2D eigenvalue weighted by atomic mass is 16.5. The van der Waals surface area contributed by atoms with Gasteiger partial charge in [-0.2, -0.15) is 5.10 Å². The van der Waals surface area contributed by atoms with Crippen molar-refractivity contribution < 1.29 is 43.2 Å². The maximum Gasteiger partial charge on any atom is 0.337 e. The zero-order chi connectivity index (χ0) is 30.2. The third kappa shape index (κ3) is 6.88. The fourth-order valence-electron chi connectivity index (χ4n) is 4.26. The van der Waals surface area contributed by atoms with Crippen molar-refractivity contribution in [3.05, 3.63) is 82.8 Å². The summed E-state index contributed by atoms with van der Waals surface area (Å²) in [5.41, 5.74) is 4.25. The minimum absolute atomic E-state index is 0.108. The van der Waals surface area contributed by atoms with Crippen LogP contribution < -0.4 is 25.5 Å². The number of nitrogens with zero attached hydrogens (tertiary/aromatic N) is 1. The molecule has 0 saturated carbocycles. The van der Waals surface area contributed by atoms with Crippen molar-refractivity contribution >= 4 is 24.2 Å². The molecule has 1 aliphatic rings. The number of benzene rings is 2. The summed E-state index contributed by atoms with van der Waals surface area (Å²) in [7, 11) is 1.26. The molecule has 0 radical (unpaired) electrons. The molecule has 0 spiro atoms. The Bertz CT molecular complexity index is 1530. The highest BCUT2D eigenvalue weighted by molar-refractivity contribution is 5.96. The Hall–Kier alpha value is -5.30. The fourth-order valence-corrected chi connectivity index (χ4v) is 4.26. The zero-order valence-corrected chi connectivity index (χ0v) is 23.0. The number of methoxy groups -OCH3 is 1. The number of esters is 1. The number of carboxylic acids is 1. The van der Waals surface area contributed by atoms with Crippen LogP contribution in [-0.2, 0) is 9.53 Å². The first-order valence-corrected chi connectivity index (χ1v) is 12.9. The number of allylic oxidation sites excluding steroid dienone is 1. The lowest BCUT2D eigenvalue weighted by atomic mass is 9.95. The van der Waals surface area contributed by atoms with Gasteiger partial charge < -0.3 is 39.5 Å². The van der Waals surface area contributed by atoms with E-state index in [4.69, 9.17) is 18.6 Å². The Morgan fingerprint density at radius 1 is 1.14 bits per heavy atom. The Labute approximate surface area is 240 Å². The van der Waals surface area contributed by atoms with Gasteiger partial charge in [0.2, 0.25) is 0 Å². The molecule has 2 aromatic carbocycles. The summed E-state index contributed by atoms with van der Waals surface area (Å²) in [4.78, 5) is 36.0. The molecule has 0 bridgehead atoms. The van der Waals surface area contributed by atoms with Crippen LogP contribution in [0.3, 0.4) is 0 Å². The second kappa shape index (κ2) is 13.4. The molecule has 4 rings (SSSR count). The van der Waals surface area contributed by atoms with Gasteiger partial charge in [-0.3, -0.25) is 5.43 Å². The number of hydrogen-bond acceptors (Lipinski definition) is 10. The lowest BCUT2D eigenvalue weighted by Gasteiger charge is -2.28. The molecule has 2 heterocycles. The number of aliphatic hydroxyl groups is 1. The van der Waals surface area contributed by atoms with E-state index in [9.17, 15) is 24.6 Å². The molecular weight excluding hydrogens is 548 g/mol. The Balaban J connectivity index is 1.40. The molecule has 1 aliphatic heterocycles. The van der Waals surface area contributed by atoms with Gasteiger partial charge in [-0.05, 0) is 49.7 Å². The first-order chi connectivity index (χ1) is 20.2. The monoisotopic (exact) mass is 578 g/mol. The summed E-state index contributed by atoms with van der Waals surface area (Å²) in [5, 5.41) is 29.0. The van der Waals surface area contributed by atoms with Gasteiger partial charge in [-0.1, -0.05) is 24.3 Å². The maximum absolute atomic E-state index is 12.4. The van der Waals surface area contributed by atoms with Crippen LogP contribution in [0.1, 0.15) is 41.6 Å². The van der Waals surface area contributed by atoms with Crippen LogP contribution in [-0.4, -0.2) is 60.9 Å². The Kier molecular flexibility index (Phi) is 9.45. The molecule has 1 aromatic heterocycles. The minimum atomic E-state index is -1.21. The molecule has 42 heavy (non-hydrogen) atoms. The number of carbonyl (C=O) groups is 3. The molecule has 2 amide bonds. The van der Waals surface area contributed by atoms with E-state index in [0.29, 0.717) is 46.5 Å². The van der Waals surface area contributed by atoms with Crippen molar-refractivity contribution in [2.75, 3.05) is 20.3 Å². The van der Waals surface area contributed by atoms with Gasteiger partial charge in [-0.25, -0.2) is 14.4 Å². The maximum atomic E-state index is 12.4. The number of aliphatic hydroxyl groups excluding tert-OH is 1. The smallest absolute Gasteiger partial charge is 0.337 e. The van der Waals surface area contributed by atoms with Crippen LogP contribution in [0.15, 0.2) is 75.4 Å². The summed E-state index contributed by atoms with van der Waals surface area (Å²) >= 11 is 0. The van der Waals surface area contributed by atoms with E-state index in [-0.39, 0.29) is 17.7 Å². The van der Waals surface area contributed by atoms with Crippen molar-refractivity contribution in [2.24, 2.45) is 5.10 Å². The summed E-state index contributed by atoms with van der Waals surface area (Å²) in [6.07, 6.45) is 0.121. The number of urea groups is 1. The molecule has 2 atom stereocenters. The van der Waals surface area contributed by atoms with E-state index >= 15 is 0 Å². The number of hydrazone groups is 1. The number of amides is 2. The van der Waals surface area contributed by atoms with Gasteiger partial charge in [0.15, 0.2) is 17.7 Å². The highest BCUT2D eigenvalue weighted by Crippen LogP contribution is 2.35. The molecule has 3 aromatic rings. The molecule has 13 heteroatoms. The van der Waals surface area contributed by atoms with Crippen LogP contribution in [0.4, 0.5) is 4.79 Å². The van der Waals surface area contributed by atoms with Crippen molar-refractivity contribution in [3.63, 3.8) is 0 Å². The van der Waals surface area contributed by atoms with E-state index in [1.807, 2.05) is 0 Å². The predicted octanol–water partition coefficient (Wildman–Crippen LogP) is 3.17. The van der Waals surface area contributed by atoms with Gasteiger partial charge in [0.05, 0.1) is 37.1 Å². The lowest BCUT2D eigenvalue weighted by molar-refractivity contribution is -0.136. The fraction of sp³-hybridized carbons (Fsp3) is 0.241. The number of aromatic carboxylic acids is 1. The zero-order valence-electron chi connectivity index (χ0n) is 23.0. The van der Waals surface area contributed by atoms with Crippen molar-refractivity contribution in [1.82, 2.24) is 16.1 Å². The molecule has 13 nitrogen and oxygen atoms in total. The number of carbonyl (C=O) groups excluding carboxylic acids is 2. The van der Waals surface area contributed by atoms with E-state index in [1.165, 1.54) is 19.4 Å². The number of hydrogen-bond donors (Lipinski definition) is 5. The molecule has 220 valence electrons. The normalized spacial score (nSPS) is 15.5. The molecule has 0 aliphatic carbocycles. The van der Waals surface area contributed by atoms with Crippen LogP contribution in [0.5, 0.6) is 11.5 Å². The highest BCUT2D eigenvalue weighted by Gasteiger charge is 2.32. The predicted molar refractivity (Wildman–Crippen MR) is 150 cm³/mol. The molecule has 0 saturated heterocycles. The van der Waals surface area contributed by atoms with E-state index in [2.05, 4.69) is 21.2 Å². The molecular formula is C29H30N4O9. The van der Waals surface area contributed by atoms with Crippen molar-refractivity contribution in [3.8, 4) is 22.8 Å². The van der Waals surface area contributed by atoms with Crippen LogP contribution in [0.25, 0.3) is 11.3 Å². The largest absolute Gasteiger partial charge is 0.490 e. The van der Waals surface area contributed by atoms with E-state index in [1.54, 1.807) is 62.4 Å². The van der Waals surface area contributed by atoms with Gasteiger partial charge in [0.25, 0.3) is 0 Å². The van der Waals surface area contributed by atoms with Crippen LogP contribution in [0, 0.1) is 0 Å². The second-order valence-corrected chi connectivity index (χ2v) is 8.97. The first-order valence-electron chi connectivity index (χ1n) is 12.9. The number of rotatable bonds is 12. The number of furan rings is 1. The SMILES string of the molecule is CCOc1cc([C@H]2NC(=O)NC(C)=C2C(=O)OC)ccc1OC[C@H](O)N/N=C\c1ccc(-c2ccccc2C(=O)O)o1. The number of carboxylic acid groups (broad SMARTS) is 1. The van der Waals surface area contributed by atoms with Gasteiger partial charge in [0.1, 0.15) is 18.1 Å². The third-order valence-corrected chi connectivity index (χ3v) is 6.14. The van der Waals surface area contributed by atoms with E-state index < -0.39 is 30.2 Å². The second-order valence-electron chi connectivity index (χ2n) is 8.97. The third-order valence-electron chi connectivity index (χ3n) is 6.14. The quantitative estimate of drug-likeness (QED) is 0.0927. The number of nitrogens with one attached hydrogen (secondary N) is 3. The Morgan fingerprint density at radius 3 is 2.67 bits per heavy atom.